The normalized spacial score (nSPS) is 11.0. The number of hydrogen-bond acceptors (Lipinski definition) is 5. The van der Waals surface area contributed by atoms with Crippen molar-refractivity contribution in [3.8, 4) is 22.8 Å². The van der Waals surface area contributed by atoms with E-state index in [-0.39, 0.29) is 5.56 Å². The zero-order valence-electron chi connectivity index (χ0n) is 10.7. The second-order valence-electron chi connectivity index (χ2n) is 4.52. The van der Waals surface area contributed by atoms with Crippen molar-refractivity contribution in [2.45, 2.75) is 0 Å². The molecular weight excluding hydrogens is 270 g/mol. The Balaban J connectivity index is 1.87. The third kappa shape index (κ3) is 1.83. The van der Waals surface area contributed by atoms with Crippen molar-refractivity contribution in [1.29, 1.82) is 0 Å². The molecule has 7 heteroatoms. The van der Waals surface area contributed by atoms with E-state index in [0.29, 0.717) is 22.8 Å². The smallest absolute Gasteiger partial charge is 0.259 e. The SMILES string of the molecule is O=c1[nH]c(-c2occ3ccccc23)ccc1-c1nnn[nH]1. The summed E-state index contributed by atoms with van der Waals surface area (Å²) in [6, 6.07) is 11.2. The first kappa shape index (κ1) is 11.6. The number of furan rings is 1. The van der Waals surface area contributed by atoms with Gasteiger partial charge in [-0.25, -0.2) is 5.10 Å². The highest BCUT2D eigenvalue weighted by Gasteiger charge is 2.12. The average Bonchev–Trinajstić information content (AvgIpc) is 3.16. The molecule has 3 heterocycles. The van der Waals surface area contributed by atoms with Gasteiger partial charge in [-0.15, -0.1) is 5.10 Å². The molecule has 4 rings (SSSR count). The predicted molar refractivity (Wildman–Crippen MR) is 75.4 cm³/mol. The molecule has 0 amide bonds. The van der Waals surface area contributed by atoms with Gasteiger partial charge < -0.3 is 9.40 Å². The first-order valence-corrected chi connectivity index (χ1v) is 6.27. The third-order valence-electron chi connectivity index (χ3n) is 3.26. The van der Waals surface area contributed by atoms with Crippen LogP contribution in [0.15, 0.2) is 51.9 Å². The molecule has 7 nitrogen and oxygen atoms in total. The molecule has 0 bridgehead atoms. The Hall–Kier alpha value is -3.22. The Morgan fingerprint density at radius 3 is 2.81 bits per heavy atom. The molecule has 0 aliphatic carbocycles. The van der Waals surface area contributed by atoms with Gasteiger partial charge in [0.25, 0.3) is 5.56 Å². The summed E-state index contributed by atoms with van der Waals surface area (Å²) < 4.78 is 5.57. The Kier molecular flexibility index (Phi) is 2.43. The van der Waals surface area contributed by atoms with Crippen molar-refractivity contribution >= 4 is 10.8 Å². The van der Waals surface area contributed by atoms with Crippen molar-refractivity contribution in [2.24, 2.45) is 0 Å². The first-order chi connectivity index (χ1) is 10.3. The molecule has 0 aliphatic heterocycles. The van der Waals surface area contributed by atoms with Crippen LogP contribution in [0.2, 0.25) is 0 Å². The summed E-state index contributed by atoms with van der Waals surface area (Å²) in [7, 11) is 0. The molecule has 1 aromatic carbocycles. The van der Waals surface area contributed by atoms with E-state index in [1.54, 1.807) is 18.4 Å². The Morgan fingerprint density at radius 2 is 2.00 bits per heavy atom. The fourth-order valence-electron chi connectivity index (χ4n) is 2.27. The second-order valence-corrected chi connectivity index (χ2v) is 4.52. The predicted octanol–water partition coefficient (Wildman–Crippen LogP) is 1.97. The lowest BCUT2D eigenvalue weighted by molar-refractivity contribution is 0.584. The molecular formula is C14H9N5O2. The van der Waals surface area contributed by atoms with Gasteiger partial charge >= 0.3 is 0 Å². The van der Waals surface area contributed by atoms with Crippen molar-refractivity contribution < 1.29 is 4.42 Å². The maximum atomic E-state index is 12.2. The molecule has 0 spiro atoms. The van der Waals surface area contributed by atoms with Crippen molar-refractivity contribution in [2.75, 3.05) is 0 Å². The average molecular weight is 279 g/mol. The van der Waals surface area contributed by atoms with Gasteiger partial charge in [-0.05, 0) is 22.6 Å². The number of tetrazole rings is 1. The lowest BCUT2D eigenvalue weighted by Gasteiger charge is -2.00. The minimum Gasteiger partial charge on any atom is -0.462 e. The van der Waals surface area contributed by atoms with Crippen molar-refractivity contribution in [3.63, 3.8) is 0 Å². The van der Waals surface area contributed by atoms with Crippen LogP contribution >= 0.6 is 0 Å². The summed E-state index contributed by atoms with van der Waals surface area (Å²) in [6.45, 7) is 0. The molecule has 3 aromatic heterocycles. The Morgan fingerprint density at radius 1 is 1.10 bits per heavy atom. The highest BCUT2D eigenvalue weighted by atomic mass is 16.3. The molecule has 4 aromatic rings. The van der Waals surface area contributed by atoms with Crippen LogP contribution in [0.1, 0.15) is 0 Å². The van der Waals surface area contributed by atoms with E-state index < -0.39 is 0 Å². The van der Waals surface area contributed by atoms with E-state index in [1.807, 2.05) is 24.3 Å². The molecule has 0 aliphatic rings. The minimum atomic E-state index is -0.286. The highest BCUT2D eigenvalue weighted by Crippen LogP contribution is 2.28. The van der Waals surface area contributed by atoms with Crippen LogP contribution in [0.25, 0.3) is 33.6 Å². The van der Waals surface area contributed by atoms with Gasteiger partial charge in [0.15, 0.2) is 11.6 Å². The summed E-state index contributed by atoms with van der Waals surface area (Å²) in [5.41, 5.74) is 0.698. The maximum Gasteiger partial charge on any atom is 0.259 e. The maximum absolute atomic E-state index is 12.2. The van der Waals surface area contributed by atoms with E-state index in [0.717, 1.165) is 10.8 Å². The van der Waals surface area contributed by atoms with Gasteiger partial charge in [-0.3, -0.25) is 4.79 Å². The van der Waals surface area contributed by atoms with E-state index in [4.69, 9.17) is 4.42 Å². The van der Waals surface area contributed by atoms with Crippen LogP contribution < -0.4 is 5.56 Å². The number of H-pyrrole nitrogens is 2. The zero-order valence-corrected chi connectivity index (χ0v) is 10.7. The molecule has 21 heavy (non-hydrogen) atoms. The van der Waals surface area contributed by atoms with Crippen molar-refractivity contribution in [3.05, 3.63) is 53.0 Å². The van der Waals surface area contributed by atoms with Crippen LogP contribution in [0.4, 0.5) is 0 Å². The van der Waals surface area contributed by atoms with E-state index in [2.05, 4.69) is 25.6 Å². The molecule has 0 saturated heterocycles. The topological polar surface area (TPSA) is 100 Å². The number of aromatic nitrogens is 5. The number of nitrogens with one attached hydrogen (secondary N) is 2. The standard InChI is InChI=1S/C14H9N5O2/c20-14-10(13-16-18-19-17-13)5-6-11(15-14)12-9-4-2-1-3-8(9)7-21-12/h1-7H,(H,15,20)(H,16,17,18,19). The molecule has 102 valence electrons. The molecule has 0 atom stereocenters. The van der Waals surface area contributed by atoms with Gasteiger partial charge in [0.2, 0.25) is 0 Å². The quantitative estimate of drug-likeness (QED) is 0.584. The summed E-state index contributed by atoms with van der Waals surface area (Å²) in [5.74, 6) is 0.956. The number of hydrogen-bond donors (Lipinski definition) is 2. The summed E-state index contributed by atoms with van der Waals surface area (Å²) in [6.07, 6.45) is 1.66. The summed E-state index contributed by atoms with van der Waals surface area (Å²) in [4.78, 5) is 15.0. The monoisotopic (exact) mass is 279 g/mol. The van der Waals surface area contributed by atoms with Gasteiger partial charge in [-0.2, -0.15) is 0 Å². The molecule has 0 radical (unpaired) electrons. The lowest BCUT2D eigenvalue weighted by atomic mass is 10.1. The number of nitrogens with zero attached hydrogens (tertiary/aromatic N) is 3. The molecule has 2 N–H and O–H groups in total. The van der Waals surface area contributed by atoms with Crippen LogP contribution in [0.5, 0.6) is 0 Å². The number of rotatable bonds is 2. The summed E-state index contributed by atoms with van der Waals surface area (Å²) >= 11 is 0. The van der Waals surface area contributed by atoms with Gasteiger partial charge in [0.1, 0.15) is 0 Å². The van der Waals surface area contributed by atoms with Crippen LogP contribution in [0, 0.1) is 0 Å². The van der Waals surface area contributed by atoms with Crippen LogP contribution in [-0.2, 0) is 0 Å². The molecule has 0 fully saturated rings. The van der Waals surface area contributed by atoms with E-state index in [1.165, 1.54) is 0 Å². The number of benzene rings is 1. The Labute approximate surface area is 117 Å². The molecule has 0 saturated carbocycles. The lowest BCUT2D eigenvalue weighted by Crippen LogP contribution is -2.10. The minimum absolute atomic E-state index is 0.286. The molecule has 0 unspecified atom stereocenters. The van der Waals surface area contributed by atoms with Crippen LogP contribution in [0.3, 0.4) is 0 Å². The van der Waals surface area contributed by atoms with Crippen LogP contribution in [-0.4, -0.2) is 25.6 Å². The van der Waals surface area contributed by atoms with E-state index >= 15 is 0 Å². The van der Waals surface area contributed by atoms with E-state index in [9.17, 15) is 4.79 Å². The second kappa shape index (κ2) is 4.41. The summed E-state index contributed by atoms with van der Waals surface area (Å²) in [5, 5.41) is 15.1. The van der Waals surface area contributed by atoms with Gasteiger partial charge in [-0.1, -0.05) is 24.3 Å². The van der Waals surface area contributed by atoms with Gasteiger partial charge in [0, 0.05) is 10.8 Å². The number of pyridine rings is 1. The largest absolute Gasteiger partial charge is 0.462 e. The first-order valence-electron chi connectivity index (χ1n) is 6.27. The zero-order chi connectivity index (χ0) is 14.2. The van der Waals surface area contributed by atoms with Crippen molar-refractivity contribution in [1.82, 2.24) is 25.6 Å². The fraction of sp³-hybridized carbons (Fsp3) is 0. The number of aromatic amines is 2. The third-order valence-corrected chi connectivity index (χ3v) is 3.26. The fourth-order valence-corrected chi connectivity index (χ4v) is 2.27. The Bertz CT molecular complexity index is 968. The highest BCUT2D eigenvalue weighted by molar-refractivity contribution is 5.93. The van der Waals surface area contributed by atoms with Gasteiger partial charge in [0.05, 0.1) is 17.5 Å². The number of fused-ring (bicyclic) bond motifs is 1.